The number of nitrogens with zero attached hydrogens (tertiary/aromatic N) is 1. The van der Waals surface area contributed by atoms with E-state index in [0.717, 1.165) is 11.6 Å². The molecule has 10 heavy (non-hydrogen) atoms. The van der Waals surface area contributed by atoms with Crippen molar-refractivity contribution in [3.8, 4) is 0 Å². The van der Waals surface area contributed by atoms with Crippen LogP contribution in [-0.4, -0.2) is 16.0 Å². The summed E-state index contributed by atoms with van der Waals surface area (Å²) in [5.74, 6) is 0. The molecule has 0 aromatic carbocycles. The molecule has 1 rings (SSSR count). The van der Waals surface area contributed by atoms with Crippen LogP contribution in [-0.2, 0) is 0 Å². The van der Waals surface area contributed by atoms with Crippen molar-refractivity contribution in [1.82, 2.24) is 0 Å². The van der Waals surface area contributed by atoms with Gasteiger partial charge < -0.3 is 5.73 Å². The molecule has 0 fully saturated rings. The second-order valence-electron chi connectivity index (χ2n) is 3.40. The van der Waals surface area contributed by atoms with E-state index in [1.807, 2.05) is 0 Å². The molecule has 0 aromatic rings. The summed E-state index contributed by atoms with van der Waals surface area (Å²) >= 11 is 1.67. The van der Waals surface area contributed by atoms with Gasteiger partial charge in [0.05, 0.1) is 5.54 Å². The van der Waals surface area contributed by atoms with Crippen molar-refractivity contribution in [2.75, 3.05) is 0 Å². The summed E-state index contributed by atoms with van der Waals surface area (Å²) in [7, 11) is 0. The van der Waals surface area contributed by atoms with Gasteiger partial charge in [-0.1, -0.05) is 18.7 Å². The molecule has 0 amide bonds. The number of aliphatic imine (C=N–C) groups is 1. The Kier molecular flexibility index (Phi) is 1.95. The molecule has 1 heterocycles. The van der Waals surface area contributed by atoms with Crippen LogP contribution in [0.2, 0.25) is 0 Å². The lowest BCUT2D eigenvalue weighted by Crippen LogP contribution is -2.31. The first kappa shape index (κ1) is 7.92. The third kappa shape index (κ3) is 1.90. The zero-order valence-corrected chi connectivity index (χ0v) is 7.53. The number of thioether (sulfide) groups is 1. The molecule has 2 nitrogen and oxygen atoms in total. The van der Waals surface area contributed by atoms with E-state index in [9.17, 15) is 0 Å². The molecule has 0 saturated heterocycles. The van der Waals surface area contributed by atoms with Crippen molar-refractivity contribution in [3.63, 3.8) is 0 Å². The normalized spacial score (nSPS) is 31.5. The summed E-state index contributed by atoms with van der Waals surface area (Å²) in [5, 5.41) is 1.36. The lowest BCUT2D eigenvalue weighted by atomic mass is 10.00. The fraction of sp³-hybridized carbons (Fsp3) is 0.857. The van der Waals surface area contributed by atoms with Gasteiger partial charge in [0.25, 0.3) is 0 Å². The zero-order valence-electron chi connectivity index (χ0n) is 6.72. The highest BCUT2D eigenvalue weighted by Gasteiger charge is 2.25. The minimum Gasteiger partial charge on any atom is -0.379 e. The van der Waals surface area contributed by atoms with Crippen molar-refractivity contribution in [3.05, 3.63) is 0 Å². The molecular formula is C7H14N2S. The summed E-state index contributed by atoms with van der Waals surface area (Å²) in [4.78, 5) is 4.32. The Morgan fingerprint density at radius 1 is 1.70 bits per heavy atom. The van der Waals surface area contributed by atoms with Crippen LogP contribution >= 0.6 is 11.8 Å². The van der Waals surface area contributed by atoms with Crippen LogP contribution in [0.1, 0.15) is 27.2 Å². The molecule has 0 spiro atoms. The van der Waals surface area contributed by atoms with Gasteiger partial charge >= 0.3 is 0 Å². The quantitative estimate of drug-likeness (QED) is 0.581. The van der Waals surface area contributed by atoms with Gasteiger partial charge in [0, 0.05) is 5.25 Å². The number of hydrogen-bond donors (Lipinski definition) is 1. The van der Waals surface area contributed by atoms with E-state index in [-0.39, 0.29) is 5.54 Å². The van der Waals surface area contributed by atoms with Crippen molar-refractivity contribution in [2.24, 2.45) is 10.7 Å². The van der Waals surface area contributed by atoms with Gasteiger partial charge in [-0.3, -0.25) is 4.99 Å². The van der Waals surface area contributed by atoms with E-state index in [4.69, 9.17) is 5.73 Å². The van der Waals surface area contributed by atoms with E-state index in [1.165, 1.54) is 0 Å². The highest BCUT2D eigenvalue weighted by Crippen LogP contribution is 2.29. The minimum atomic E-state index is 0.0642. The molecule has 1 aliphatic rings. The summed E-state index contributed by atoms with van der Waals surface area (Å²) in [6, 6.07) is 0. The Labute approximate surface area is 66.3 Å². The summed E-state index contributed by atoms with van der Waals surface area (Å²) in [6.07, 6.45) is 1.12. The van der Waals surface area contributed by atoms with Gasteiger partial charge in [-0.25, -0.2) is 0 Å². The molecule has 58 valence electrons. The average molecular weight is 158 g/mol. The Bertz CT molecular complexity index is 163. The molecule has 3 heteroatoms. The molecule has 0 radical (unpaired) electrons. The van der Waals surface area contributed by atoms with Gasteiger partial charge in [-0.05, 0) is 20.3 Å². The van der Waals surface area contributed by atoms with Crippen molar-refractivity contribution < 1.29 is 0 Å². The highest BCUT2D eigenvalue weighted by molar-refractivity contribution is 8.14. The topological polar surface area (TPSA) is 38.4 Å². The van der Waals surface area contributed by atoms with Crippen LogP contribution in [0.4, 0.5) is 0 Å². The summed E-state index contributed by atoms with van der Waals surface area (Å²) < 4.78 is 0. The van der Waals surface area contributed by atoms with Gasteiger partial charge in [-0.15, -0.1) is 0 Å². The predicted octanol–water partition coefficient (Wildman–Crippen LogP) is 1.61. The molecule has 0 saturated carbocycles. The SMILES string of the molecule is C[C@H]1CC(C)(C)N=C(N)S1. The fourth-order valence-electron chi connectivity index (χ4n) is 1.32. The zero-order chi connectivity index (χ0) is 7.78. The third-order valence-electron chi connectivity index (χ3n) is 1.52. The number of nitrogens with two attached hydrogens (primary N) is 1. The van der Waals surface area contributed by atoms with Crippen molar-refractivity contribution >= 4 is 16.9 Å². The molecular weight excluding hydrogens is 144 g/mol. The maximum atomic E-state index is 5.61. The first-order chi connectivity index (χ1) is 4.49. The monoisotopic (exact) mass is 158 g/mol. The molecule has 0 aliphatic carbocycles. The maximum Gasteiger partial charge on any atom is 0.154 e. The van der Waals surface area contributed by atoms with E-state index < -0.39 is 0 Å². The van der Waals surface area contributed by atoms with E-state index in [2.05, 4.69) is 25.8 Å². The summed E-state index contributed by atoms with van der Waals surface area (Å²) in [5.41, 5.74) is 5.68. The molecule has 0 unspecified atom stereocenters. The van der Waals surface area contributed by atoms with Gasteiger partial charge in [0.1, 0.15) is 0 Å². The Hall–Kier alpha value is -0.180. The molecule has 0 aromatic heterocycles. The second-order valence-corrected chi connectivity index (χ2v) is 4.85. The molecule has 1 atom stereocenters. The number of amidine groups is 1. The van der Waals surface area contributed by atoms with E-state index in [0.29, 0.717) is 5.25 Å². The first-order valence-corrected chi connectivity index (χ1v) is 4.39. The third-order valence-corrected chi connectivity index (χ3v) is 2.42. The maximum absolute atomic E-state index is 5.61. The smallest absolute Gasteiger partial charge is 0.154 e. The first-order valence-electron chi connectivity index (χ1n) is 3.51. The number of rotatable bonds is 0. The van der Waals surface area contributed by atoms with E-state index in [1.54, 1.807) is 11.8 Å². The van der Waals surface area contributed by atoms with Crippen LogP contribution in [0.15, 0.2) is 4.99 Å². The Morgan fingerprint density at radius 2 is 2.30 bits per heavy atom. The van der Waals surface area contributed by atoms with Gasteiger partial charge in [0.2, 0.25) is 0 Å². The van der Waals surface area contributed by atoms with Crippen LogP contribution in [0, 0.1) is 0 Å². The average Bonchev–Trinajstić information content (AvgIpc) is 1.54. The van der Waals surface area contributed by atoms with E-state index >= 15 is 0 Å². The largest absolute Gasteiger partial charge is 0.379 e. The fourth-order valence-corrected chi connectivity index (χ4v) is 2.52. The Balaban J connectivity index is 2.74. The molecule has 0 bridgehead atoms. The highest BCUT2D eigenvalue weighted by atomic mass is 32.2. The lowest BCUT2D eigenvalue weighted by molar-refractivity contribution is 0.476. The summed E-state index contributed by atoms with van der Waals surface area (Å²) in [6.45, 7) is 6.43. The van der Waals surface area contributed by atoms with Crippen LogP contribution in [0.25, 0.3) is 0 Å². The van der Waals surface area contributed by atoms with Gasteiger partial charge in [0.15, 0.2) is 5.17 Å². The lowest BCUT2D eigenvalue weighted by Gasteiger charge is -2.28. The van der Waals surface area contributed by atoms with Crippen LogP contribution in [0.5, 0.6) is 0 Å². The van der Waals surface area contributed by atoms with Crippen LogP contribution < -0.4 is 5.73 Å². The minimum absolute atomic E-state index is 0.0642. The number of hydrogen-bond acceptors (Lipinski definition) is 3. The molecule has 1 aliphatic heterocycles. The Morgan fingerprint density at radius 3 is 2.70 bits per heavy atom. The van der Waals surface area contributed by atoms with Crippen LogP contribution in [0.3, 0.4) is 0 Å². The van der Waals surface area contributed by atoms with Crippen molar-refractivity contribution in [2.45, 2.75) is 38.0 Å². The molecule has 2 N–H and O–H groups in total. The standard InChI is InChI=1S/C7H14N2S/c1-5-4-7(2,3)9-6(8)10-5/h5H,4H2,1-3H3,(H2,8,9)/t5-/m0/s1. The van der Waals surface area contributed by atoms with Crippen molar-refractivity contribution in [1.29, 1.82) is 0 Å². The van der Waals surface area contributed by atoms with Gasteiger partial charge in [-0.2, -0.15) is 0 Å². The second kappa shape index (κ2) is 2.46. The predicted molar refractivity (Wildman–Crippen MR) is 47.4 cm³/mol.